The van der Waals surface area contributed by atoms with E-state index in [1.807, 2.05) is 68.4 Å². The van der Waals surface area contributed by atoms with Gasteiger partial charge in [-0.1, -0.05) is 78.9 Å². The number of hydrogen-bond acceptors (Lipinski definition) is 3. The van der Waals surface area contributed by atoms with Crippen LogP contribution >= 0.6 is 0 Å². The summed E-state index contributed by atoms with van der Waals surface area (Å²) in [6.07, 6.45) is 1.37. The molecule has 0 aliphatic heterocycles. The van der Waals surface area contributed by atoms with Gasteiger partial charge in [0.15, 0.2) is 0 Å². The molecule has 0 bridgehead atoms. The molecule has 0 heterocycles. The van der Waals surface area contributed by atoms with Crippen LogP contribution in [0.1, 0.15) is 32.6 Å². The molecular weight excluding hydrogens is 442 g/mol. The fourth-order valence-corrected chi connectivity index (χ4v) is 5.45. The first kappa shape index (κ1) is 23.5. The molecular formula is C29H27NO3S. The van der Waals surface area contributed by atoms with Crippen molar-refractivity contribution in [1.82, 2.24) is 0 Å². The molecule has 5 heteroatoms. The van der Waals surface area contributed by atoms with Gasteiger partial charge >= 0.3 is 0 Å². The highest BCUT2D eigenvalue weighted by Crippen LogP contribution is 2.30. The quantitative estimate of drug-likeness (QED) is 0.327. The summed E-state index contributed by atoms with van der Waals surface area (Å²) in [6, 6.07) is 30.9. The molecule has 4 rings (SSSR count). The second-order valence-corrected chi connectivity index (χ2v) is 10.1. The van der Waals surface area contributed by atoms with E-state index in [1.54, 1.807) is 36.4 Å². The van der Waals surface area contributed by atoms with E-state index in [1.165, 1.54) is 12.1 Å². The summed E-state index contributed by atoms with van der Waals surface area (Å²) in [5.41, 5.74) is 4.31. The molecule has 0 saturated carbocycles. The molecule has 4 aromatic rings. The number of amides is 1. The number of nitrogens with zero attached hydrogens (tertiary/aromatic N) is 1. The van der Waals surface area contributed by atoms with Crippen LogP contribution in [0, 0.1) is 13.8 Å². The largest absolute Gasteiger partial charge is 0.272 e. The summed E-state index contributed by atoms with van der Waals surface area (Å²) in [4.78, 5) is 14.1. The third-order valence-corrected chi connectivity index (χ3v) is 7.53. The van der Waals surface area contributed by atoms with E-state index >= 15 is 0 Å². The van der Waals surface area contributed by atoms with Gasteiger partial charge in [0.05, 0.1) is 10.6 Å². The van der Waals surface area contributed by atoms with Crippen molar-refractivity contribution in [2.24, 2.45) is 0 Å². The Labute approximate surface area is 201 Å². The summed E-state index contributed by atoms with van der Waals surface area (Å²) < 4.78 is 28.6. The minimum absolute atomic E-state index is 0.0750. The van der Waals surface area contributed by atoms with Gasteiger partial charge in [0, 0.05) is 5.56 Å². The zero-order chi connectivity index (χ0) is 24.1. The molecule has 0 spiro atoms. The van der Waals surface area contributed by atoms with E-state index in [-0.39, 0.29) is 4.90 Å². The van der Waals surface area contributed by atoms with Crippen molar-refractivity contribution >= 4 is 21.6 Å². The molecule has 0 atom stereocenters. The molecule has 0 unspecified atom stereocenters. The lowest BCUT2D eigenvalue weighted by Crippen LogP contribution is -2.38. The molecule has 0 N–H and O–H groups in total. The van der Waals surface area contributed by atoms with Crippen LogP contribution in [0.3, 0.4) is 0 Å². The smallest absolute Gasteiger partial charge is 0.268 e. The van der Waals surface area contributed by atoms with Crippen LogP contribution in [0.2, 0.25) is 0 Å². The van der Waals surface area contributed by atoms with Gasteiger partial charge in [-0.05, 0) is 73.2 Å². The van der Waals surface area contributed by atoms with Gasteiger partial charge in [0.2, 0.25) is 0 Å². The van der Waals surface area contributed by atoms with Crippen molar-refractivity contribution in [1.29, 1.82) is 0 Å². The van der Waals surface area contributed by atoms with Crippen LogP contribution in [-0.4, -0.2) is 14.3 Å². The second-order valence-electron chi connectivity index (χ2n) is 8.32. The molecule has 0 saturated heterocycles. The van der Waals surface area contributed by atoms with Gasteiger partial charge in [-0.15, -0.1) is 0 Å². The molecule has 34 heavy (non-hydrogen) atoms. The number of carbonyl (C=O) groups excluding carboxylic acids is 1. The average Bonchev–Trinajstić information content (AvgIpc) is 2.86. The fourth-order valence-electron chi connectivity index (χ4n) is 3.96. The topological polar surface area (TPSA) is 54.5 Å². The molecule has 4 aromatic carbocycles. The summed E-state index contributed by atoms with van der Waals surface area (Å²) in [5, 5.41) is 0. The van der Waals surface area contributed by atoms with Crippen molar-refractivity contribution in [3.63, 3.8) is 0 Å². The van der Waals surface area contributed by atoms with Crippen LogP contribution in [0.25, 0.3) is 0 Å². The molecule has 1 amide bonds. The second kappa shape index (κ2) is 10.1. The zero-order valence-corrected chi connectivity index (χ0v) is 20.1. The Bertz CT molecular complexity index is 1400. The average molecular weight is 470 g/mol. The molecule has 0 aromatic heterocycles. The van der Waals surface area contributed by atoms with Gasteiger partial charge in [-0.25, -0.2) is 8.42 Å². The molecule has 0 aliphatic carbocycles. The highest BCUT2D eigenvalue weighted by Gasteiger charge is 2.33. The fraction of sp³-hybridized carbons (Fsp3) is 0.138. The summed E-state index contributed by atoms with van der Waals surface area (Å²) >= 11 is 0. The minimum Gasteiger partial charge on any atom is -0.268 e. The first-order chi connectivity index (χ1) is 16.4. The van der Waals surface area contributed by atoms with E-state index < -0.39 is 15.9 Å². The number of aryl methyl sites for hydroxylation is 4. The zero-order valence-electron chi connectivity index (χ0n) is 19.3. The molecule has 4 nitrogen and oxygen atoms in total. The number of benzene rings is 4. The Balaban J connectivity index is 1.80. The monoisotopic (exact) mass is 469 g/mol. The standard InChI is InChI=1S/C29H27NO3S/c1-22-17-18-23(2)28(21-22)30(34(32,33)26-14-7-4-8-15-26)29(31)27-16-10-9-13-25(27)20-19-24-11-5-3-6-12-24/h3-18,21H,19-20H2,1-2H3. The van der Waals surface area contributed by atoms with Crippen LogP contribution in [0.5, 0.6) is 0 Å². The first-order valence-corrected chi connectivity index (χ1v) is 12.7. The molecule has 0 radical (unpaired) electrons. The lowest BCUT2D eigenvalue weighted by Gasteiger charge is -2.25. The Morgan fingerprint density at radius 1 is 0.735 bits per heavy atom. The molecule has 0 fully saturated rings. The van der Waals surface area contributed by atoms with E-state index in [9.17, 15) is 13.2 Å². The van der Waals surface area contributed by atoms with Crippen molar-refractivity contribution in [3.8, 4) is 0 Å². The minimum atomic E-state index is -4.14. The third-order valence-electron chi connectivity index (χ3n) is 5.82. The Morgan fingerprint density at radius 2 is 1.35 bits per heavy atom. The number of hydrogen-bond donors (Lipinski definition) is 0. The van der Waals surface area contributed by atoms with Crippen LogP contribution in [0.4, 0.5) is 5.69 Å². The van der Waals surface area contributed by atoms with Crippen molar-refractivity contribution in [3.05, 3.63) is 131 Å². The van der Waals surface area contributed by atoms with Crippen molar-refractivity contribution in [2.45, 2.75) is 31.6 Å². The first-order valence-electron chi connectivity index (χ1n) is 11.2. The molecule has 172 valence electrons. The number of rotatable bonds is 7. The van der Waals surface area contributed by atoms with Gasteiger partial charge < -0.3 is 0 Å². The maximum Gasteiger partial charge on any atom is 0.272 e. The van der Waals surface area contributed by atoms with Crippen LogP contribution in [0.15, 0.2) is 108 Å². The number of anilines is 1. The Hall–Kier alpha value is -3.70. The van der Waals surface area contributed by atoms with Gasteiger partial charge in [-0.2, -0.15) is 4.31 Å². The third kappa shape index (κ3) is 4.95. The maximum absolute atomic E-state index is 14.0. The number of carbonyl (C=O) groups is 1. The Kier molecular flexibility index (Phi) is 6.94. The van der Waals surface area contributed by atoms with Gasteiger partial charge in [0.1, 0.15) is 0 Å². The van der Waals surface area contributed by atoms with E-state index in [2.05, 4.69) is 0 Å². The lowest BCUT2D eigenvalue weighted by molar-refractivity contribution is 0.100. The van der Waals surface area contributed by atoms with Crippen LogP contribution < -0.4 is 4.31 Å². The predicted molar refractivity (Wildman–Crippen MR) is 137 cm³/mol. The highest BCUT2D eigenvalue weighted by molar-refractivity contribution is 7.93. The van der Waals surface area contributed by atoms with E-state index in [4.69, 9.17) is 0 Å². The lowest BCUT2D eigenvalue weighted by atomic mass is 9.99. The highest BCUT2D eigenvalue weighted by atomic mass is 32.2. The van der Waals surface area contributed by atoms with Crippen molar-refractivity contribution in [2.75, 3.05) is 4.31 Å². The summed E-state index contributed by atoms with van der Waals surface area (Å²) in [6.45, 7) is 3.70. The number of sulfonamides is 1. The van der Waals surface area contributed by atoms with E-state index in [0.717, 1.165) is 27.4 Å². The van der Waals surface area contributed by atoms with E-state index in [0.29, 0.717) is 23.2 Å². The van der Waals surface area contributed by atoms with Crippen LogP contribution in [-0.2, 0) is 22.9 Å². The summed E-state index contributed by atoms with van der Waals surface area (Å²) in [7, 11) is -4.14. The maximum atomic E-state index is 14.0. The predicted octanol–water partition coefficient (Wildman–Crippen LogP) is 6.12. The van der Waals surface area contributed by atoms with Crippen molar-refractivity contribution < 1.29 is 13.2 Å². The van der Waals surface area contributed by atoms with Gasteiger partial charge in [-0.3, -0.25) is 4.79 Å². The normalized spacial score (nSPS) is 11.2. The summed E-state index contributed by atoms with van der Waals surface area (Å²) in [5.74, 6) is -0.554. The molecule has 0 aliphatic rings. The Morgan fingerprint density at radius 3 is 2.06 bits per heavy atom. The SMILES string of the molecule is Cc1ccc(C)c(N(C(=O)c2ccccc2CCc2ccccc2)S(=O)(=O)c2ccccc2)c1. The van der Waals surface area contributed by atoms with Gasteiger partial charge in [0.25, 0.3) is 15.9 Å².